The van der Waals surface area contributed by atoms with Gasteiger partial charge in [0, 0.05) is 20.1 Å². The quantitative estimate of drug-likeness (QED) is 0.653. The SMILES string of the molecule is COCCCC(=O)Nc1ncnc(Cl)c1Cl. The van der Waals surface area contributed by atoms with Gasteiger partial charge in [0.05, 0.1) is 0 Å². The van der Waals surface area contributed by atoms with E-state index in [0.717, 1.165) is 0 Å². The van der Waals surface area contributed by atoms with E-state index in [0.29, 0.717) is 19.4 Å². The zero-order valence-electron chi connectivity index (χ0n) is 8.67. The minimum Gasteiger partial charge on any atom is -0.385 e. The molecule has 0 saturated heterocycles. The molecule has 1 rings (SSSR count). The van der Waals surface area contributed by atoms with Crippen LogP contribution in [0.15, 0.2) is 6.33 Å². The molecule has 1 heterocycles. The largest absolute Gasteiger partial charge is 0.385 e. The standard InChI is InChI=1S/C9H11Cl2N3O2/c1-16-4-2-3-6(15)14-9-7(10)8(11)12-5-13-9/h5H,2-4H2,1H3,(H,12,13,14,15). The maximum Gasteiger partial charge on any atom is 0.225 e. The molecular formula is C9H11Cl2N3O2. The predicted octanol–water partition coefficient (Wildman–Crippen LogP) is 2.15. The second kappa shape index (κ2) is 6.62. The highest BCUT2D eigenvalue weighted by Crippen LogP contribution is 2.25. The van der Waals surface area contributed by atoms with Crippen LogP contribution in [0.25, 0.3) is 0 Å². The van der Waals surface area contributed by atoms with Crippen LogP contribution in [0, 0.1) is 0 Å². The lowest BCUT2D eigenvalue weighted by Gasteiger charge is -2.05. The van der Waals surface area contributed by atoms with Gasteiger partial charge in [0.2, 0.25) is 5.91 Å². The number of carbonyl (C=O) groups excluding carboxylic acids is 1. The van der Waals surface area contributed by atoms with E-state index in [1.54, 1.807) is 7.11 Å². The lowest BCUT2D eigenvalue weighted by atomic mass is 10.3. The van der Waals surface area contributed by atoms with Gasteiger partial charge >= 0.3 is 0 Å². The van der Waals surface area contributed by atoms with Crippen molar-refractivity contribution < 1.29 is 9.53 Å². The van der Waals surface area contributed by atoms with Crippen LogP contribution < -0.4 is 5.32 Å². The first-order valence-corrected chi connectivity index (χ1v) is 5.35. The normalized spacial score (nSPS) is 10.2. The van der Waals surface area contributed by atoms with Gasteiger partial charge in [0.1, 0.15) is 11.3 Å². The van der Waals surface area contributed by atoms with Gasteiger partial charge in [-0.1, -0.05) is 23.2 Å². The van der Waals surface area contributed by atoms with Crippen LogP contribution in [0.2, 0.25) is 10.2 Å². The highest BCUT2D eigenvalue weighted by atomic mass is 35.5. The molecule has 1 N–H and O–H groups in total. The Balaban J connectivity index is 2.53. The van der Waals surface area contributed by atoms with Crippen LogP contribution in [-0.2, 0) is 9.53 Å². The molecule has 0 atom stereocenters. The predicted molar refractivity (Wildman–Crippen MR) is 61.8 cm³/mol. The number of hydrogen-bond acceptors (Lipinski definition) is 4. The Kier molecular flexibility index (Phi) is 5.45. The van der Waals surface area contributed by atoms with Crippen molar-refractivity contribution in [1.82, 2.24) is 9.97 Å². The summed E-state index contributed by atoms with van der Waals surface area (Å²) in [6.45, 7) is 0.533. The van der Waals surface area contributed by atoms with Crippen molar-refractivity contribution in [1.29, 1.82) is 0 Å². The fraction of sp³-hybridized carbons (Fsp3) is 0.444. The summed E-state index contributed by atoms with van der Waals surface area (Å²) >= 11 is 11.5. The smallest absolute Gasteiger partial charge is 0.225 e. The van der Waals surface area contributed by atoms with Crippen molar-refractivity contribution in [3.8, 4) is 0 Å². The topological polar surface area (TPSA) is 64.1 Å². The minimum absolute atomic E-state index is 0.115. The minimum atomic E-state index is -0.186. The first-order valence-electron chi connectivity index (χ1n) is 4.60. The lowest BCUT2D eigenvalue weighted by molar-refractivity contribution is -0.116. The van der Waals surface area contributed by atoms with E-state index < -0.39 is 0 Å². The van der Waals surface area contributed by atoms with Gasteiger partial charge in [-0.15, -0.1) is 0 Å². The van der Waals surface area contributed by atoms with Crippen LogP contribution in [0.5, 0.6) is 0 Å². The summed E-state index contributed by atoms with van der Waals surface area (Å²) in [5.41, 5.74) is 0. The number of methoxy groups -OCH3 is 1. The Morgan fingerprint density at radius 3 is 2.94 bits per heavy atom. The molecular weight excluding hydrogens is 253 g/mol. The van der Waals surface area contributed by atoms with Crippen LogP contribution in [0.1, 0.15) is 12.8 Å². The van der Waals surface area contributed by atoms with Crippen molar-refractivity contribution in [3.63, 3.8) is 0 Å². The second-order valence-corrected chi connectivity index (χ2v) is 3.71. The van der Waals surface area contributed by atoms with Gasteiger partial charge in [-0.3, -0.25) is 4.79 Å². The number of anilines is 1. The van der Waals surface area contributed by atoms with Crippen molar-refractivity contribution >= 4 is 34.9 Å². The molecule has 0 aliphatic rings. The molecule has 0 unspecified atom stereocenters. The van der Waals surface area contributed by atoms with Crippen molar-refractivity contribution in [2.75, 3.05) is 19.0 Å². The third kappa shape index (κ3) is 3.92. The van der Waals surface area contributed by atoms with Crippen LogP contribution in [0.4, 0.5) is 5.82 Å². The van der Waals surface area contributed by atoms with Gasteiger partial charge in [-0.2, -0.15) is 0 Å². The molecule has 0 aliphatic carbocycles. The molecule has 88 valence electrons. The first-order chi connectivity index (χ1) is 7.65. The summed E-state index contributed by atoms with van der Waals surface area (Å²) in [5, 5.41) is 2.81. The molecule has 0 aliphatic heterocycles. The third-order valence-corrected chi connectivity index (χ3v) is 2.50. The number of nitrogens with zero attached hydrogens (tertiary/aromatic N) is 2. The van der Waals surface area contributed by atoms with Crippen LogP contribution in [-0.4, -0.2) is 29.6 Å². The van der Waals surface area contributed by atoms with E-state index in [1.165, 1.54) is 6.33 Å². The van der Waals surface area contributed by atoms with E-state index >= 15 is 0 Å². The molecule has 1 aromatic heterocycles. The maximum absolute atomic E-state index is 11.4. The fourth-order valence-electron chi connectivity index (χ4n) is 1.01. The summed E-state index contributed by atoms with van der Waals surface area (Å²) in [7, 11) is 1.58. The van der Waals surface area contributed by atoms with Crippen LogP contribution >= 0.6 is 23.2 Å². The average Bonchev–Trinajstić information content (AvgIpc) is 2.25. The van der Waals surface area contributed by atoms with E-state index in [1.807, 2.05) is 0 Å². The maximum atomic E-state index is 11.4. The zero-order chi connectivity index (χ0) is 12.0. The molecule has 5 nitrogen and oxygen atoms in total. The zero-order valence-corrected chi connectivity index (χ0v) is 10.2. The number of amides is 1. The summed E-state index contributed by atoms with van der Waals surface area (Å²) in [6.07, 6.45) is 2.21. The second-order valence-electron chi connectivity index (χ2n) is 2.97. The lowest BCUT2D eigenvalue weighted by Crippen LogP contribution is -2.13. The molecule has 7 heteroatoms. The Morgan fingerprint density at radius 2 is 2.25 bits per heavy atom. The number of hydrogen-bond donors (Lipinski definition) is 1. The van der Waals surface area contributed by atoms with Crippen molar-refractivity contribution in [2.24, 2.45) is 0 Å². The summed E-state index contributed by atoms with van der Waals surface area (Å²) in [5.74, 6) is 0.0396. The number of aromatic nitrogens is 2. The summed E-state index contributed by atoms with van der Waals surface area (Å²) in [6, 6.07) is 0. The summed E-state index contributed by atoms with van der Waals surface area (Å²) < 4.78 is 4.83. The van der Waals surface area contributed by atoms with Crippen LogP contribution in [0.3, 0.4) is 0 Å². The number of carbonyl (C=O) groups is 1. The van der Waals surface area contributed by atoms with Crippen molar-refractivity contribution in [3.05, 3.63) is 16.5 Å². The van der Waals surface area contributed by atoms with Crippen molar-refractivity contribution in [2.45, 2.75) is 12.8 Å². The Hall–Kier alpha value is -0.910. The van der Waals surface area contributed by atoms with Gasteiger partial charge in [-0.05, 0) is 6.42 Å². The molecule has 16 heavy (non-hydrogen) atoms. The van der Waals surface area contributed by atoms with E-state index in [4.69, 9.17) is 27.9 Å². The summed E-state index contributed by atoms with van der Waals surface area (Å²) in [4.78, 5) is 18.9. The first kappa shape index (κ1) is 13.2. The van der Waals surface area contributed by atoms with Gasteiger partial charge in [-0.25, -0.2) is 9.97 Å². The Bertz CT molecular complexity index is 374. The molecule has 0 radical (unpaired) electrons. The third-order valence-electron chi connectivity index (χ3n) is 1.76. The Labute approximate surface area is 103 Å². The molecule has 1 amide bonds. The Morgan fingerprint density at radius 1 is 1.50 bits per heavy atom. The molecule has 0 bridgehead atoms. The highest BCUT2D eigenvalue weighted by molar-refractivity contribution is 6.42. The molecule has 0 aromatic carbocycles. The average molecular weight is 264 g/mol. The van der Waals surface area contributed by atoms with E-state index in [-0.39, 0.29) is 21.9 Å². The molecule has 0 fully saturated rings. The number of rotatable bonds is 5. The van der Waals surface area contributed by atoms with Gasteiger partial charge < -0.3 is 10.1 Å². The fourth-order valence-corrected chi connectivity index (χ4v) is 1.29. The monoisotopic (exact) mass is 263 g/mol. The molecule has 0 spiro atoms. The number of nitrogens with one attached hydrogen (secondary N) is 1. The molecule has 0 saturated carbocycles. The van der Waals surface area contributed by atoms with E-state index in [9.17, 15) is 4.79 Å². The van der Waals surface area contributed by atoms with Gasteiger partial charge in [0.15, 0.2) is 11.0 Å². The number of ether oxygens (including phenoxy) is 1. The van der Waals surface area contributed by atoms with E-state index in [2.05, 4.69) is 15.3 Å². The molecule has 1 aromatic rings. The van der Waals surface area contributed by atoms with Gasteiger partial charge in [0.25, 0.3) is 0 Å². The highest BCUT2D eigenvalue weighted by Gasteiger charge is 2.10. The number of halogens is 2.